The van der Waals surface area contributed by atoms with Crippen LogP contribution in [0.4, 0.5) is 11.4 Å². The van der Waals surface area contributed by atoms with E-state index < -0.39 is 0 Å². The lowest BCUT2D eigenvalue weighted by Gasteiger charge is -2.30. The molecular formula is C24H29N3O. The number of carbonyl (C=O) groups is 1. The topological polar surface area (TPSA) is 35.9 Å². The average molecular weight is 376 g/mol. The van der Waals surface area contributed by atoms with Crippen LogP contribution >= 0.6 is 0 Å². The number of aryl methyl sites for hydroxylation is 1. The van der Waals surface area contributed by atoms with Crippen molar-refractivity contribution in [1.29, 1.82) is 0 Å². The molecule has 4 heteroatoms. The van der Waals surface area contributed by atoms with Crippen molar-refractivity contribution in [2.75, 3.05) is 24.7 Å². The number of amides is 1. The number of unbranched alkanes of at least 4 members (excludes halogenated alkanes) is 1. The van der Waals surface area contributed by atoms with E-state index in [0.717, 1.165) is 36.4 Å². The summed E-state index contributed by atoms with van der Waals surface area (Å²) in [5.41, 5.74) is 4.67. The van der Waals surface area contributed by atoms with Crippen LogP contribution in [0.3, 0.4) is 0 Å². The Morgan fingerprint density at radius 3 is 2.46 bits per heavy atom. The minimum Gasteiger partial charge on any atom is -0.293 e. The van der Waals surface area contributed by atoms with Gasteiger partial charge in [0, 0.05) is 5.56 Å². The second-order valence-corrected chi connectivity index (χ2v) is 7.80. The summed E-state index contributed by atoms with van der Waals surface area (Å²) in [5.74, 6) is 0.0156. The van der Waals surface area contributed by atoms with Crippen molar-refractivity contribution in [3.8, 4) is 0 Å². The summed E-state index contributed by atoms with van der Waals surface area (Å²) >= 11 is 0. The molecule has 0 radical (unpaired) electrons. The highest BCUT2D eigenvalue weighted by Gasteiger charge is 2.34. The van der Waals surface area contributed by atoms with E-state index in [9.17, 15) is 4.79 Å². The lowest BCUT2D eigenvalue weighted by molar-refractivity contribution is -0.112. The van der Waals surface area contributed by atoms with Gasteiger partial charge >= 0.3 is 0 Å². The highest BCUT2D eigenvalue weighted by atomic mass is 16.2. The van der Waals surface area contributed by atoms with Gasteiger partial charge in [0.25, 0.3) is 5.91 Å². The van der Waals surface area contributed by atoms with E-state index in [1.807, 2.05) is 41.3 Å². The predicted octanol–water partition coefficient (Wildman–Crippen LogP) is 4.94. The van der Waals surface area contributed by atoms with Crippen molar-refractivity contribution < 1.29 is 4.79 Å². The third-order valence-electron chi connectivity index (χ3n) is 5.68. The zero-order valence-corrected chi connectivity index (χ0v) is 16.7. The molecule has 0 N–H and O–H groups in total. The summed E-state index contributed by atoms with van der Waals surface area (Å²) in [6, 6.07) is 16.4. The zero-order valence-electron chi connectivity index (χ0n) is 16.7. The molecule has 1 fully saturated rings. The van der Waals surface area contributed by atoms with Gasteiger partial charge < -0.3 is 0 Å². The Hall–Kier alpha value is -2.46. The number of fused-ring (bicyclic) bond motifs is 1. The fourth-order valence-electron chi connectivity index (χ4n) is 4.06. The van der Waals surface area contributed by atoms with Crippen LogP contribution in [0, 0.1) is 0 Å². The summed E-state index contributed by atoms with van der Waals surface area (Å²) in [6.07, 6.45) is 7.22. The SMILES string of the molecule is CCCCc1ccc(N=C2C(=O)N(CN3CCCCC3)c3ccccc32)cc1. The third-order valence-corrected chi connectivity index (χ3v) is 5.68. The summed E-state index contributed by atoms with van der Waals surface area (Å²) in [7, 11) is 0. The van der Waals surface area contributed by atoms with Crippen molar-refractivity contribution in [3.63, 3.8) is 0 Å². The number of piperidine rings is 1. The van der Waals surface area contributed by atoms with Gasteiger partial charge in [0.05, 0.1) is 18.0 Å². The molecule has 0 saturated carbocycles. The van der Waals surface area contributed by atoms with E-state index in [1.165, 1.54) is 37.7 Å². The Morgan fingerprint density at radius 1 is 0.964 bits per heavy atom. The van der Waals surface area contributed by atoms with Crippen molar-refractivity contribution >= 4 is 23.0 Å². The summed E-state index contributed by atoms with van der Waals surface area (Å²) < 4.78 is 0. The fraction of sp³-hybridized carbons (Fsp3) is 0.417. The van der Waals surface area contributed by atoms with Gasteiger partial charge in [0.15, 0.2) is 0 Å². The Balaban J connectivity index is 1.58. The third kappa shape index (κ3) is 4.02. The largest absolute Gasteiger partial charge is 0.293 e. The van der Waals surface area contributed by atoms with Crippen LogP contribution in [0.25, 0.3) is 0 Å². The molecule has 0 unspecified atom stereocenters. The Labute approximate surface area is 167 Å². The van der Waals surface area contributed by atoms with Gasteiger partial charge in [-0.1, -0.05) is 50.1 Å². The summed E-state index contributed by atoms with van der Waals surface area (Å²) in [4.78, 5) is 22.2. The number of rotatable bonds is 6. The van der Waals surface area contributed by atoms with Crippen LogP contribution in [-0.4, -0.2) is 36.3 Å². The monoisotopic (exact) mass is 375 g/mol. The lowest BCUT2D eigenvalue weighted by Crippen LogP contribution is -2.43. The van der Waals surface area contributed by atoms with E-state index in [1.54, 1.807) is 0 Å². The van der Waals surface area contributed by atoms with Gasteiger partial charge in [0.1, 0.15) is 5.71 Å². The van der Waals surface area contributed by atoms with Crippen molar-refractivity contribution in [2.24, 2.45) is 4.99 Å². The van der Waals surface area contributed by atoms with Gasteiger partial charge in [-0.3, -0.25) is 14.6 Å². The molecule has 4 nitrogen and oxygen atoms in total. The van der Waals surface area contributed by atoms with Gasteiger partial charge in [-0.25, -0.2) is 4.99 Å². The summed E-state index contributed by atoms with van der Waals surface area (Å²) in [5, 5.41) is 0. The first kappa shape index (κ1) is 18.9. The first-order valence-electron chi connectivity index (χ1n) is 10.6. The molecule has 1 amide bonds. The number of nitrogens with zero attached hydrogens (tertiary/aromatic N) is 3. The molecule has 0 spiro atoms. The standard InChI is InChI=1S/C24H29N3O/c1-2-3-9-19-12-14-20(15-13-19)25-23-21-10-5-6-11-22(21)27(24(23)28)18-26-16-7-4-8-17-26/h5-6,10-15H,2-4,7-9,16-18H2,1H3. The zero-order chi connectivity index (χ0) is 19.3. The van der Waals surface area contributed by atoms with Crippen LogP contribution in [-0.2, 0) is 11.2 Å². The van der Waals surface area contributed by atoms with Crippen LogP contribution in [0.5, 0.6) is 0 Å². The van der Waals surface area contributed by atoms with Crippen LogP contribution < -0.4 is 4.90 Å². The van der Waals surface area contributed by atoms with Crippen LogP contribution in [0.2, 0.25) is 0 Å². The molecular weight excluding hydrogens is 346 g/mol. The molecule has 2 aromatic rings. The highest BCUT2D eigenvalue weighted by molar-refractivity contribution is 6.54. The molecule has 0 aliphatic carbocycles. The maximum absolute atomic E-state index is 13.2. The van der Waals surface area contributed by atoms with Gasteiger partial charge in [0.2, 0.25) is 0 Å². The normalized spacial score (nSPS) is 18.7. The van der Waals surface area contributed by atoms with Crippen LogP contribution in [0.15, 0.2) is 53.5 Å². The van der Waals surface area contributed by atoms with E-state index in [0.29, 0.717) is 12.4 Å². The number of anilines is 1. The molecule has 2 heterocycles. The van der Waals surface area contributed by atoms with Crippen LogP contribution in [0.1, 0.15) is 50.2 Å². The minimum atomic E-state index is 0.0156. The van der Waals surface area contributed by atoms with E-state index >= 15 is 0 Å². The van der Waals surface area contributed by atoms with Gasteiger partial charge in [-0.2, -0.15) is 0 Å². The maximum atomic E-state index is 13.2. The first-order valence-corrected chi connectivity index (χ1v) is 10.6. The summed E-state index contributed by atoms with van der Waals surface area (Å²) in [6.45, 7) is 5.00. The molecule has 2 aliphatic heterocycles. The molecule has 2 aliphatic rings. The Bertz CT molecular complexity index is 850. The smallest absolute Gasteiger partial charge is 0.278 e. The molecule has 146 valence electrons. The second kappa shape index (κ2) is 8.70. The molecule has 2 aromatic carbocycles. The maximum Gasteiger partial charge on any atom is 0.278 e. The Kier molecular flexibility index (Phi) is 5.87. The lowest BCUT2D eigenvalue weighted by atomic mass is 10.1. The highest BCUT2D eigenvalue weighted by Crippen LogP contribution is 2.31. The number of hydrogen-bond acceptors (Lipinski definition) is 3. The second-order valence-electron chi connectivity index (χ2n) is 7.80. The number of carbonyl (C=O) groups excluding carboxylic acids is 1. The van der Waals surface area contributed by atoms with Crippen molar-refractivity contribution in [3.05, 3.63) is 59.7 Å². The fourth-order valence-corrected chi connectivity index (χ4v) is 4.06. The van der Waals surface area contributed by atoms with Crippen molar-refractivity contribution in [2.45, 2.75) is 45.4 Å². The molecule has 4 rings (SSSR count). The van der Waals surface area contributed by atoms with E-state index in [4.69, 9.17) is 4.99 Å². The van der Waals surface area contributed by atoms with E-state index in [-0.39, 0.29) is 5.91 Å². The first-order chi connectivity index (χ1) is 13.8. The Morgan fingerprint density at radius 2 is 1.71 bits per heavy atom. The number of likely N-dealkylation sites (tertiary alicyclic amines) is 1. The number of para-hydroxylation sites is 1. The molecule has 1 saturated heterocycles. The van der Waals surface area contributed by atoms with E-state index in [2.05, 4.69) is 24.0 Å². The molecule has 0 bridgehead atoms. The average Bonchev–Trinajstić information content (AvgIpc) is 3.00. The molecule has 28 heavy (non-hydrogen) atoms. The molecule has 0 aromatic heterocycles. The van der Waals surface area contributed by atoms with Gasteiger partial charge in [-0.15, -0.1) is 0 Å². The number of aliphatic imine (C=N–C) groups is 1. The number of benzene rings is 2. The number of hydrogen-bond donors (Lipinski definition) is 0. The minimum absolute atomic E-state index is 0.0156. The van der Waals surface area contributed by atoms with Gasteiger partial charge in [-0.05, 0) is 62.5 Å². The van der Waals surface area contributed by atoms with Crippen molar-refractivity contribution in [1.82, 2.24) is 4.90 Å². The molecule has 0 atom stereocenters. The quantitative estimate of drug-likeness (QED) is 0.717. The predicted molar refractivity (Wildman–Crippen MR) is 115 cm³/mol.